The van der Waals surface area contributed by atoms with Crippen LogP contribution in [0, 0.1) is 5.82 Å². The lowest BCUT2D eigenvalue weighted by atomic mass is 10.0. The van der Waals surface area contributed by atoms with Gasteiger partial charge in [-0.1, -0.05) is 6.07 Å². The van der Waals surface area contributed by atoms with Crippen molar-refractivity contribution in [3.8, 4) is 0 Å². The first-order valence-electron chi connectivity index (χ1n) is 11.4. The van der Waals surface area contributed by atoms with Gasteiger partial charge < -0.3 is 9.47 Å². The number of benzene rings is 1. The molecule has 1 saturated heterocycles. The summed E-state index contributed by atoms with van der Waals surface area (Å²) in [5.41, 5.74) is 2.36. The van der Waals surface area contributed by atoms with E-state index in [1.165, 1.54) is 12.4 Å². The number of aromatic nitrogens is 6. The van der Waals surface area contributed by atoms with E-state index in [-0.39, 0.29) is 28.8 Å². The molecule has 0 radical (unpaired) electrons. The van der Waals surface area contributed by atoms with E-state index in [0.29, 0.717) is 35.5 Å². The predicted molar refractivity (Wildman–Crippen MR) is 129 cm³/mol. The van der Waals surface area contributed by atoms with E-state index in [1.807, 2.05) is 12.1 Å². The van der Waals surface area contributed by atoms with Crippen molar-refractivity contribution in [1.29, 1.82) is 0 Å². The zero-order chi connectivity index (χ0) is 24.1. The van der Waals surface area contributed by atoms with Crippen molar-refractivity contribution >= 4 is 33.7 Å². The molecule has 0 bridgehead atoms. The van der Waals surface area contributed by atoms with Crippen LogP contribution >= 0.6 is 0 Å². The zero-order valence-electron chi connectivity index (χ0n) is 19.0. The first-order valence-corrected chi connectivity index (χ1v) is 11.4. The minimum absolute atomic E-state index is 0.0401. The van der Waals surface area contributed by atoms with Gasteiger partial charge in [-0.25, -0.2) is 24.1 Å². The minimum Gasteiger partial charge on any atom is -0.356 e. The molecule has 10 heteroatoms. The third-order valence-corrected chi connectivity index (χ3v) is 6.74. The average Bonchev–Trinajstić information content (AvgIpc) is 3.40. The van der Waals surface area contributed by atoms with Gasteiger partial charge >= 0.3 is 5.69 Å². The Bertz CT molecular complexity index is 1640. The number of carbonyl (C=O) groups is 1. The van der Waals surface area contributed by atoms with Gasteiger partial charge in [0.2, 0.25) is 5.78 Å². The van der Waals surface area contributed by atoms with Gasteiger partial charge in [0, 0.05) is 50.0 Å². The Morgan fingerprint density at radius 1 is 1.09 bits per heavy atom. The number of nitrogens with zero attached hydrogens (tertiary/aromatic N) is 6. The molecule has 35 heavy (non-hydrogen) atoms. The molecular formula is C25H22FN7O2. The van der Waals surface area contributed by atoms with Crippen LogP contribution in [0.5, 0.6) is 0 Å². The number of ketones is 1. The second-order valence-corrected chi connectivity index (χ2v) is 8.77. The number of carbonyl (C=O) groups excluding carboxylic acids is 1. The number of anilines is 1. The molecule has 1 fully saturated rings. The van der Waals surface area contributed by atoms with Crippen LogP contribution in [0.4, 0.5) is 10.2 Å². The van der Waals surface area contributed by atoms with Gasteiger partial charge in [-0.05, 0) is 37.1 Å². The van der Waals surface area contributed by atoms with Crippen molar-refractivity contribution in [3.05, 3.63) is 82.7 Å². The number of piperidine rings is 1. The summed E-state index contributed by atoms with van der Waals surface area (Å²) in [6.45, 7) is 1.33. The Morgan fingerprint density at radius 3 is 2.71 bits per heavy atom. The normalized spacial score (nSPS) is 14.7. The predicted octanol–water partition coefficient (Wildman–Crippen LogP) is 3.22. The van der Waals surface area contributed by atoms with Gasteiger partial charge in [-0.3, -0.25) is 14.3 Å². The number of aromatic amines is 1. The number of nitrogens with one attached hydrogen (secondary N) is 1. The fourth-order valence-corrected chi connectivity index (χ4v) is 5.03. The summed E-state index contributed by atoms with van der Waals surface area (Å²) >= 11 is 0. The van der Waals surface area contributed by atoms with E-state index in [4.69, 9.17) is 0 Å². The van der Waals surface area contributed by atoms with Crippen LogP contribution < -0.4 is 10.6 Å². The first-order chi connectivity index (χ1) is 17.0. The zero-order valence-corrected chi connectivity index (χ0v) is 19.0. The van der Waals surface area contributed by atoms with Crippen LogP contribution in [0.2, 0.25) is 0 Å². The molecule has 0 atom stereocenters. The van der Waals surface area contributed by atoms with Gasteiger partial charge in [0.25, 0.3) is 0 Å². The lowest BCUT2D eigenvalue weighted by Gasteiger charge is -2.33. The summed E-state index contributed by atoms with van der Waals surface area (Å²) in [6.07, 6.45) is 6.14. The fourth-order valence-electron chi connectivity index (χ4n) is 5.03. The fraction of sp³-hybridized carbons (Fsp3) is 0.240. The van der Waals surface area contributed by atoms with Crippen molar-refractivity contribution in [2.24, 2.45) is 7.05 Å². The van der Waals surface area contributed by atoms with Crippen LogP contribution in [0.1, 0.15) is 34.9 Å². The molecule has 0 aliphatic carbocycles. The average molecular weight is 471 g/mol. The third-order valence-electron chi connectivity index (χ3n) is 6.74. The molecular weight excluding hydrogens is 449 g/mol. The molecule has 1 aliphatic heterocycles. The maximum absolute atomic E-state index is 14.5. The summed E-state index contributed by atoms with van der Waals surface area (Å²) in [6, 6.07) is 10.2. The quantitative estimate of drug-likeness (QED) is 0.404. The van der Waals surface area contributed by atoms with Gasteiger partial charge in [0.05, 0.1) is 16.6 Å². The van der Waals surface area contributed by atoms with Crippen molar-refractivity contribution in [3.63, 3.8) is 0 Å². The molecule has 0 amide bonds. The van der Waals surface area contributed by atoms with Gasteiger partial charge in [0.15, 0.2) is 5.65 Å². The SMILES string of the molecule is Cn1cc(C(=O)c2cc(N3CCC(n4c(=O)[nH]c5ncccc54)CC3)ncn2)c2c(F)cccc21. The molecule has 0 saturated carbocycles. The number of H-pyrrole nitrogens is 1. The van der Waals surface area contributed by atoms with Gasteiger partial charge in [0.1, 0.15) is 23.7 Å². The number of hydrogen-bond acceptors (Lipinski definition) is 6. The van der Waals surface area contributed by atoms with E-state index in [0.717, 1.165) is 18.4 Å². The Balaban J connectivity index is 1.25. The van der Waals surface area contributed by atoms with E-state index in [1.54, 1.807) is 46.8 Å². The lowest BCUT2D eigenvalue weighted by Crippen LogP contribution is -2.37. The number of rotatable bonds is 4. The summed E-state index contributed by atoms with van der Waals surface area (Å²) in [7, 11) is 1.78. The highest BCUT2D eigenvalue weighted by Crippen LogP contribution is 2.29. The Labute approximate surface area is 198 Å². The Morgan fingerprint density at radius 2 is 1.89 bits per heavy atom. The van der Waals surface area contributed by atoms with Gasteiger partial charge in [-0.2, -0.15) is 0 Å². The standard InChI is InChI=1S/C25H22FN7O2/c1-31-13-16(22-17(26)4-2-5-19(22)31)23(34)18-12-21(29-14-28-18)32-10-7-15(8-11-32)33-20-6-3-9-27-24(20)30-25(33)35/h2-6,9,12-15H,7-8,10-11H2,1H3,(H,27,30,35). The van der Waals surface area contributed by atoms with Crippen LogP contribution in [-0.4, -0.2) is 47.9 Å². The molecule has 4 aromatic heterocycles. The van der Waals surface area contributed by atoms with Crippen LogP contribution in [0.15, 0.2) is 59.9 Å². The van der Waals surface area contributed by atoms with Crippen molar-refractivity contribution in [1.82, 2.24) is 29.1 Å². The molecule has 1 N–H and O–H groups in total. The Hall–Kier alpha value is -4.34. The molecule has 5 aromatic rings. The maximum Gasteiger partial charge on any atom is 0.327 e. The topological polar surface area (TPSA) is 102 Å². The number of fused-ring (bicyclic) bond motifs is 2. The highest BCUT2D eigenvalue weighted by atomic mass is 19.1. The van der Waals surface area contributed by atoms with Crippen LogP contribution in [-0.2, 0) is 7.05 Å². The van der Waals surface area contributed by atoms with Gasteiger partial charge in [-0.15, -0.1) is 0 Å². The number of aryl methyl sites for hydroxylation is 1. The minimum atomic E-state index is -0.439. The third kappa shape index (κ3) is 3.49. The summed E-state index contributed by atoms with van der Waals surface area (Å²) in [5.74, 6) is -0.155. The van der Waals surface area contributed by atoms with E-state index >= 15 is 0 Å². The highest BCUT2D eigenvalue weighted by Gasteiger charge is 2.26. The monoisotopic (exact) mass is 471 g/mol. The molecule has 0 unspecified atom stereocenters. The Kier molecular flexibility index (Phi) is 4.94. The second kappa shape index (κ2) is 8.15. The van der Waals surface area contributed by atoms with Crippen molar-refractivity contribution < 1.29 is 9.18 Å². The first kappa shape index (κ1) is 21.2. The molecule has 5 heterocycles. The lowest BCUT2D eigenvalue weighted by molar-refractivity contribution is 0.103. The van der Waals surface area contributed by atoms with E-state index in [2.05, 4.69) is 24.8 Å². The highest BCUT2D eigenvalue weighted by molar-refractivity contribution is 6.15. The summed E-state index contributed by atoms with van der Waals surface area (Å²) in [5, 5.41) is 0.291. The summed E-state index contributed by atoms with van der Waals surface area (Å²) in [4.78, 5) is 43.5. The van der Waals surface area contributed by atoms with E-state index in [9.17, 15) is 14.0 Å². The molecule has 1 aliphatic rings. The number of imidazole rings is 1. The molecule has 6 rings (SSSR count). The molecule has 176 valence electrons. The maximum atomic E-state index is 14.5. The van der Waals surface area contributed by atoms with Crippen molar-refractivity contribution in [2.45, 2.75) is 18.9 Å². The largest absolute Gasteiger partial charge is 0.356 e. The number of halogens is 1. The van der Waals surface area contributed by atoms with Crippen LogP contribution in [0.3, 0.4) is 0 Å². The molecule has 9 nitrogen and oxygen atoms in total. The second-order valence-electron chi connectivity index (χ2n) is 8.77. The molecule has 1 aromatic carbocycles. The summed E-state index contributed by atoms with van der Waals surface area (Å²) < 4.78 is 18.1. The van der Waals surface area contributed by atoms with E-state index < -0.39 is 5.82 Å². The van der Waals surface area contributed by atoms with Crippen molar-refractivity contribution in [2.75, 3.05) is 18.0 Å². The molecule has 0 spiro atoms. The number of pyridine rings is 1. The smallest absolute Gasteiger partial charge is 0.327 e. The number of hydrogen-bond donors (Lipinski definition) is 1. The van der Waals surface area contributed by atoms with Crippen LogP contribution in [0.25, 0.3) is 22.1 Å².